The van der Waals surface area contributed by atoms with Crippen molar-refractivity contribution in [2.45, 2.75) is 32.5 Å². The average molecular weight is 316 g/mol. The number of hydrogen-bond acceptors (Lipinski definition) is 5. The topological polar surface area (TPSA) is 80.5 Å². The average Bonchev–Trinajstić information content (AvgIpc) is 2.86. The Kier molecular flexibility index (Phi) is 4.29. The van der Waals surface area contributed by atoms with Crippen LogP contribution in [0.4, 0.5) is 0 Å². The first kappa shape index (κ1) is 15.5. The van der Waals surface area contributed by atoms with Gasteiger partial charge in [-0.1, -0.05) is 0 Å². The summed E-state index contributed by atoms with van der Waals surface area (Å²) in [5, 5.41) is 14.1. The maximum absolute atomic E-state index is 12.7. The Hall–Kier alpha value is -2.41. The van der Waals surface area contributed by atoms with Crippen LogP contribution in [0.25, 0.3) is 0 Å². The number of methoxy groups -OCH3 is 1. The maximum Gasteiger partial charge on any atom is 0.254 e. The number of hydrogen-bond donors (Lipinski definition) is 1. The third-order valence-electron chi connectivity index (χ3n) is 3.94. The normalized spacial score (nSPS) is 15.7. The van der Waals surface area contributed by atoms with Crippen LogP contribution in [0.1, 0.15) is 41.2 Å². The molecule has 3 rings (SSSR count). The first-order valence-corrected chi connectivity index (χ1v) is 7.62. The minimum atomic E-state index is -0.608. The number of aliphatic hydroxyl groups is 1. The SMILES string of the molecule is COc1cc(C(=O)N2CCCn3nc([C@@H](C)O)cc3C2)ccn1. The number of amides is 1. The summed E-state index contributed by atoms with van der Waals surface area (Å²) in [6, 6.07) is 5.20. The van der Waals surface area contributed by atoms with Gasteiger partial charge in [-0.25, -0.2) is 4.98 Å². The van der Waals surface area contributed by atoms with Gasteiger partial charge in [-0.2, -0.15) is 5.10 Å². The van der Waals surface area contributed by atoms with E-state index in [-0.39, 0.29) is 5.91 Å². The molecule has 0 saturated heterocycles. The smallest absolute Gasteiger partial charge is 0.254 e. The van der Waals surface area contributed by atoms with Crippen LogP contribution in [-0.4, -0.2) is 44.3 Å². The summed E-state index contributed by atoms with van der Waals surface area (Å²) in [7, 11) is 1.53. The third-order valence-corrected chi connectivity index (χ3v) is 3.94. The Morgan fingerprint density at radius 1 is 1.39 bits per heavy atom. The summed E-state index contributed by atoms with van der Waals surface area (Å²) in [5.74, 6) is 0.367. The molecular weight excluding hydrogens is 296 g/mol. The lowest BCUT2D eigenvalue weighted by Gasteiger charge is -2.20. The molecule has 1 amide bonds. The van der Waals surface area contributed by atoms with Crippen molar-refractivity contribution in [2.24, 2.45) is 0 Å². The highest BCUT2D eigenvalue weighted by Crippen LogP contribution is 2.20. The van der Waals surface area contributed by atoms with Crippen LogP contribution in [-0.2, 0) is 13.1 Å². The number of aliphatic hydroxyl groups excluding tert-OH is 1. The molecule has 23 heavy (non-hydrogen) atoms. The van der Waals surface area contributed by atoms with Gasteiger partial charge in [0.1, 0.15) is 0 Å². The molecule has 0 aliphatic carbocycles. The first-order valence-electron chi connectivity index (χ1n) is 7.62. The Labute approximate surface area is 134 Å². The molecule has 0 fully saturated rings. The molecule has 0 bridgehead atoms. The number of rotatable bonds is 3. The van der Waals surface area contributed by atoms with Crippen molar-refractivity contribution < 1.29 is 14.6 Å². The lowest BCUT2D eigenvalue weighted by atomic mass is 10.2. The second-order valence-corrected chi connectivity index (χ2v) is 5.63. The van der Waals surface area contributed by atoms with Crippen LogP contribution in [0.2, 0.25) is 0 Å². The van der Waals surface area contributed by atoms with Gasteiger partial charge in [0.2, 0.25) is 5.88 Å². The van der Waals surface area contributed by atoms with E-state index < -0.39 is 6.10 Å². The van der Waals surface area contributed by atoms with Crippen LogP contribution in [0.3, 0.4) is 0 Å². The molecule has 1 N–H and O–H groups in total. The van der Waals surface area contributed by atoms with Gasteiger partial charge in [-0.15, -0.1) is 0 Å². The van der Waals surface area contributed by atoms with E-state index in [1.54, 1.807) is 30.2 Å². The summed E-state index contributed by atoms with van der Waals surface area (Å²) in [4.78, 5) is 18.6. The Bertz CT molecular complexity index is 711. The molecule has 0 unspecified atom stereocenters. The Morgan fingerprint density at radius 2 is 2.22 bits per heavy atom. The molecule has 7 nitrogen and oxygen atoms in total. The first-order chi connectivity index (χ1) is 11.1. The van der Waals surface area contributed by atoms with Crippen LogP contribution in [0, 0.1) is 0 Å². The number of carbonyl (C=O) groups excluding carboxylic acids is 1. The standard InChI is InChI=1S/C16H20N4O3/c1-11(21)14-9-13-10-19(6-3-7-20(13)18-14)16(22)12-4-5-17-15(8-12)23-2/h4-5,8-9,11,21H,3,6-7,10H2,1-2H3/t11-/m1/s1. The van der Waals surface area contributed by atoms with Crippen LogP contribution < -0.4 is 4.74 Å². The molecule has 1 aliphatic rings. The largest absolute Gasteiger partial charge is 0.481 e. The number of carbonyl (C=O) groups is 1. The molecule has 3 heterocycles. The van der Waals surface area contributed by atoms with Gasteiger partial charge >= 0.3 is 0 Å². The fraction of sp³-hybridized carbons (Fsp3) is 0.438. The van der Waals surface area contributed by atoms with Gasteiger partial charge < -0.3 is 14.7 Å². The molecule has 2 aromatic heterocycles. The minimum absolute atomic E-state index is 0.0565. The van der Waals surface area contributed by atoms with Crippen molar-refractivity contribution in [3.8, 4) is 5.88 Å². The third kappa shape index (κ3) is 3.19. The van der Waals surface area contributed by atoms with Crippen molar-refractivity contribution in [1.82, 2.24) is 19.7 Å². The van der Waals surface area contributed by atoms with Gasteiger partial charge in [0.15, 0.2) is 0 Å². The van der Waals surface area contributed by atoms with E-state index in [4.69, 9.17) is 4.74 Å². The van der Waals surface area contributed by atoms with Crippen molar-refractivity contribution in [2.75, 3.05) is 13.7 Å². The van der Waals surface area contributed by atoms with E-state index in [1.165, 1.54) is 7.11 Å². The zero-order valence-corrected chi connectivity index (χ0v) is 13.3. The molecule has 0 spiro atoms. The molecule has 0 saturated carbocycles. The fourth-order valence-electron chi connectivity index (χ4n) is 2.70. The number of aryl methyl sites for hydroxylation is 1. The molecule has 122 valence electrons. The van der Waals surface area contributed by atoms with Gasteiger partial charge in [0.05, 0.1) is 31.1 Å². The monoisotopic (exact) mass is 316 g/mol. The Balaban J connectivity index is 1.83. The summed E-state index contributed by atoms with van der Waals surface area (Å²) < 4.78 is 6.96. The van der Waals surface area contributed by atoms with Gasteiger partial charge in [0, 0.05) is 30.9 Å². The second-order valence-electron chi connectivity index (χ2n) is 5.63. The number of ether oxygens (including phenoxy) is 1. The quantitative estimate of drug-likeness (QED) is 0.925. The zero-order chi connectivity index (χ0) is 16.4. The number of pyridine rings is 1. The van der Waals surface area contributed by atoms with E-state index in [1.807, 2.05) is 10.7 Å². The van der Waals surface area contributed by atoms with Crippen LogP contribution in [0.5, 0.6) is 5.88 Å². The molecule has 7 heteroatoms. The summed E-state index contributed by atoms with van der Waals surface area (Å²) in [6.07, 6.45) is 1.78. The van der Waals surface area contributed by atoms with Gasteiger partial charge in [0.25, 0.3) is 5.91 Å². The van der Waals surface area contributed by atoms with Gasteiger partial charge in [-0.05, 0) is 25.5 Å². The lowest BCUT2D eigenvalue weighted by molar-refractivity contribution is 0.0745. The summed E-state index contributed by atoms with van der Waals surface area (Å²) in [6.45, 7) is 3.57. The van der Waals surface area contributed by atoms with Crippen molar-refractivity contribution in [1.29, 1.82) is 0 Å². The minimum Gasteiger partial charge on any atom is -0.481 e. The van der Waals surface area contributed by atoms with E-state index in [0.29, 0.717) is 30.2 Å². The van der Waals surface area contributed by atoms with E-state index >= 15 is 0 Å². The molecule has 1 atom stereocenters. The zero-order valence-electron chi connectivity index (χ0n) is 13.3. The van der Waals surface area contributed by atoms with Gasteiger partial charge in [-0.3, -0.25) is 9.48 Å². The van der Waals surface area contributed by atoms with E-state index in [2.05, 4.69) is 10.1 Å². The highest BCUT2D eigenvalue weighted by atomic mass is 16.5. The lowest BCUT2D eigenvalue weighted by Crippen LogP contribution is -2.30. The maximum atomic E-state index is 12.7. The number of fused-ring (bicyclic) bond motifs is 1. The molecule has 0 radical (unpaired) electrons. The van der Waals surface area contributed by atoms with Crippen LogP contribution >= 0.6 is 0 Å². The highest BCUT2D eigenvalue weighted by Gasteiger charge is 2.22. The Morgan fingerprint density at radius 3 is 2.96 bits per heavy atom. The summed E-state index contributed by atoms with van der Waals surface area (Å²) >= 11 is 0. The van der Waals surface area contributed by atoms with Crippen molar-refractivity contribution >= 4 is 5.91 Å². The molecule has 2 aromatic rings. The van der Waals surface area contributed by atoms with E-state index in [9.17, 15) is 9.90 Å². The second kappa shape index (κ2) is 6.37. The fourth-order valence-corrected chi connectivity index (χ4v) is 2.70. The number of nitrogens with zero attached hydrogens (tertiary/aromatic N) is 4. The van der Waals surface area contributed by atoms with Crippen molar-refractivity contribution in [3.05, 3.63) is 41.3 Å². The summed E-state index contributed by atoms with van der Waals surface area (Å²) in [5.41, 5.74) is 2.13. The molecule has 1 aliphatic heterocycles. The molecular formula is C16H20N4O3. The molecule has 0 aromatic carbocycles. The highest BCUT2D eigenvalue weighted by molar-refractivity contribution is 5.94. The number of aromatic nitrogens is 3. The van der Waals surface area contributed by atoms with Crippen molar-refractivity contribution in [3.63, 3.8) is 0 Å². The predicted molar refractivity (Wildman–Crippen MR) is 83.0 cm³/mol. The predicted octanol–water partition coefficient (Wildman–Crippen LogP) is 1.39. The van der Waals surface area contributed by atoms with Crippen LogP contribution in [0.15, 0.2) is 24.4 Å². The van der Waals surface area contributed by atoms with E-state index in [0.717, 1.165) is 18.7 Å².